The summed E-state index contributed by atoms with van der Waals surface area (Å²) in [6.45, 7) is 5.83. The fraction of sp³-hybridized carbons (Fsp3) is 0.500. The van der Waals surface area contributed by atoms with Gasteiger partial charge in [0.15, 0.2) is 0 Å². The van der Waals surface area contributed by atoms with Gasteiger partial charge in [0.25, 0.3) is 0 Å². The zero-order valence-electron chi connectivity index (χ0n) is 12.1. The van der Waals surface area contributed by atoms with Crippen molar-refractivity contribution in [3.63, 3.8) is 0 Å². The molecule has 1 aromatic carbocycles. The maximum absolute atomic E-state index is 12.9. The molecule has 1 aromatic rings. The molecule has 0 N–H and O–H groups in total. The molecule has 110 valence electrons. The number of benzene rings is 1. The molecule has 20 heavy (non-hydrogen) atoms. The van der Waals surface area contributed by atoms with Crippen LogP contribution in [-0.2, 0) is 23.1 Å². The van der Waals surface area contributed by atoms with Gasteiger partial charge in [-0.15, -0.1) is 0 Å². The van der Waals surface area contributed by atoms with Gasteiger partial charge >= 0.3 is 13.6 Å². The lowest BCUT2D eigenvalue weighted by Crippen LogP contribution is -2.13. The largest absolute Gasteiger partial charge is 0.469 e. The van der Waals surface area contributed by atoms with Gasteiger partial charge in [0, 0.05) is 5.56 Å². The quantitative estimate of drug-likeness (QED) is 0.632. The van der Waals surface area contributed by atoms with E-state index in [1.807, 2.05) is 26.0 Å². The molecule has 0 aliphatic carbocycles. The van der Waals surface area contributed by atoms with Crippen molar-refractivity contribution in [1.82, 2.24) is 0 Å². The zero-order chi connectivity index (χ0) is 14.9. The second-order valence-electron chi connectivity index (χ2n) is 4.75. The molecule has 0 aromatic heterocycles. The Morgan fingerprint density at radius 1 is 1.35 bits per heavy atom. The Balaban J connectivity index is 2.52. The number of esters is 1. The van der Waals surface area contributed by atoms with Gasteiger partial charge in [-0.2, -0.15) is 0 Å². The summed E-state index contributed by atoms with van der Waals surface area (Å²) < 4.78 is 28.6. The van der Waals surface area contributed by atoms with Crippen LogP contribution in [0.25, 0.3) is 0 Å². The van der Waals surface area contributed by atoms with Crippen LogP contribution in [0, 0.1) is 13.8 Å². The number of rotatable bonds is 4. The van der Waals surface area contributed by atoms with Gasteiger partial charge in [-0.05, 0) is 31.9 Å². The summed E-state index contributed by atoms with van der Waals surface area (Å²) in [6.07, 6.45) is -0.542. The van der Waals surface area contributed by atoms with E-state index in [4.69, 9.17) is 9.05 Å². The number of hydrogen-bond donors (Lipinski definition) is 0. The number of ether oxygens (including phenoxy) is 1. The van der Waals surface area contributed by atoms with Crippen LogP contribution < -0.4 is 5.30 Å². The summed E-state index contributed by atoms with van der Waals surface area (Å²) in [5.74, 6) is -0.396. The normalized spacial score (nSPS) is 24.5. The van der Waals surface area contributed by atoms with Crippen LogP contribution in [0.3, 0.4) is 0 Å². The van der Waals surface area contributed by atoms with E-state index in [9.17, 15) is 9.36 Å². The van der Waals surface area contributed by atoms with Crippen molar-refractivity contribution < 1.29 is 23.1 Å². The average molecular weight is 298 g/mol. The Hall–Kier alpha value is -1.16. The van der Waals surface area contributed by atoms with Gasteiger partial charge in [-0.1, -0.05) is 12.1 Å². The summed E-state index contributed by atoms with van der Waals surface area (Å²) in [7, 11) is -2.03. The second-order valence-corrected chi connectivity index (χ2v) is 6.66. The van der Waals surface area contributed by atoms with Crippen LogP contribution in [0.2, 0.25) is 0 Å². The number of carbonyl (C=O) groups excluding carboxylic acids is 1. The third-order valence-electron chi connectivity index (χ3n) is 3.38. The minimum Gasteiger partial charge on any atom is -0.469 e. The number of methoxy groups -OCH3 is 1. The molecule has 5 nitrogen and oxygen atoms in total. The zero-order valence-corrected chi connectivity index (χ0v) is 13.0. The average Bonchev–Trinajstić information content (AvgIpc) is 2.68. The first-order chi connectivity index (χ1) is 9.42. The van der Waals surface area contributed by atoms with E-state index in [0.717, 1.165) is 16.7 Å². The first kappa shape index (κ1) is 15.2. The number of fused-ring (bicyclic) bond motifs is 1. The van der Waals surface area contributed by atoms with E-state index in [1.54, 1.807) is 6.92 Å². The van der Waals surface area contributed by atoms with Crippen molar-refractivity contribution >= 4 is 18.9 Å². The number of carbonyl (C=O) groups is 1. The summed E-state index contributed by atoms with van der Waals surface area (Å²) in [4.78, 5) is 11.5. The number of hydrogen-bond acceptors (Lipinski definition) is 5. The van der Waals surface area contributed by atoms with Gasteiger partial charge in [0.05, 0.1) is 25.4 Å². The highest BCUT2D eigenvalue weighted by atomic mass is 31.2. The molecule has 0 bridgehead atoms. The Labute approximate surface area is 118 Å². The van der Waals surface area contributed by atoms with E-state index in [0.29, 0.717) is 5.30 Å². The summed E-state index contributed by atoms with van der Waals surface area (Å²) in [5.41, 5.74) is 2.60. The third-order valence-corrected chi connectivity index (χ3v) is 5.65. The minimum atomic E-state index is -3.36. The molecule has 2 atom stereocenters. The standard InChI is InChI=1S/C14H19O5P/c1-5-18-20(16)14-10(3)7-6-9(2)13(14)11(19-20)8-12(15)17-4/h6-7,11H,5,8H2,1-4H3. The first-order valence-corrected chi connectivity index (χ1v) is 8.07. The van der Waals surface area contributed by atoms with E-state index in [2.05, 4.69) is 4.74 Å². The molecule has 0 radical (unpaired) electrons. The molecule has 0 saturated carbocycles. The lowest BCUT2D eigenvalue weighted by molar-refractivity contribution is -0.142. The molecule has 0 fully saturated rings. The van der Waals surface area contributed by atoms with Gasteiger partial charge in [-0.3, -0.25) is 13.9 Å². The first-order valence-electron chi connectivity index (χ1n) is 6.53. The van der Waals surface area contributed by atoms with E-state index in [-0.39, 0.29) is 13.0 Å². The van der Waals surface area contributed by atoms with Crippen LogP contribution in [0.4, 0.5) is 0 Å². The van der Waals surface area contributed by atoms with Crippen LogP contribution in [0.1, 0.15) is 36.1 Å². The Kier molecular flexibility index (Phi) is 4.33. The summed E-state index contributed by atoms with van der Waals surface area (Å²) in [6, 6.07) is 3.83. The minimum absolute atomic E-state index is 0.0326. The smallest absolute Gasteiger partial charge is 0.362 e. The highest BCUT2D eigenvalue weighted by molar-refractivity contribution is 7.62. The van der Waals surface area contributed by atoms with Crippen molar-refractivity contribution in [1.29, 1.82) is 0 Å². The number of aryl methyl sites for hydroxylation is 2. The van der Waals surface area contributed by atoms with Crippen molar-refractivity contribution in [2.24, 2.45) is 0 Å². The molecule has 0 saturated heterocycles. The molecule has 0 amide bonds. The van der Waals surface area contributed by atoms with Crippen molar-refractivity contribution in [3.8, 4) is 0 Å². The van der Waals surface area contributed by atoms with E-state index >= 15 is 0 Å². The van der Waals surface area contributed by atoms with Crippen LogP contribution in [-0.4, -0.2) is 19.7 Å². The summed E-state index contributed by atoms with van der Waals surface area (Å²) >= 11 is 0. The third kappa shape index (κ3) is 2.53. The molecule has 2 rings (SSSR count). The summed E-state index contributed by atoms with van der Waals surface area (Å²) in [5, 5.41) is 0.605. The maximum atomic E-state index is 12.9. The van der Waals surface area contributed by atoms with Crippen LogP contribution in [0.5, 0.6) is 0 Å². The van der Waals surface area contributed by atoms with Crippen molar-refractivity contribution in [2.75, 3.05) is 13.7 Å². The predicted molar refractivity (Wildman–Crippen MR) is 75.2 cm³/mol. The topological polar surface area (TPSA) is 61.8 Å². The van der Waals surface area contributed by atoms with E-state index < -0.39 is 19.7 Å². The van der Waals surface area contributed by atoms with Crippen LogP contribution in [0.15, 0.2) is 12.1 Å². The molecule has 0 spiro atoms. The fourth-order valence-electron chi connectivity index (χ4n) is 2.50. The maximum Gasteiger partial charge on any atom is 0.362 e. The molecular weight excluding hydrogens is 279 g/mol. The fourth-order valence-corrected chi connectivity index (χ4v) is 4.77. The van der Waals surface area contributed by atoms with Crippen molar-refractivity contribution in [3.05, 3.63) is 28.8 Å². The Morgan fingerprint density at radius 2 is 2.00 bits per heavy atom. The lowest BCUT2D eigenvalue weighted by Gasteiger charge is -2.14. The second kappa shape index (κ2) is 5.68. The molecule has 1 aliphatic rings. The highest BCUT2D eigenvalue weighted by Crippen LogP contribution is 2.59. The molecule has 2 unspecified atom stereocenters. The highest BCUT2D eigenvalue weighted by Gasteiger charge is 2.45. The molecule has 1 aliphatic heterocycles. The van der Waals surface area contributed by atoms with Crippen molar-refractivity contribution in [2.45, 2.75) is 33.3 Å². The predicted octanol–water partition coefficient (Wildman–Crippen LogP) is 2.79. The van der Waals surface area contributed by atoms with Crippen LogP contribution >= 0.6 is 7.60 Å². The Morgan fingerprint density at radius 3 is 2.60 bits per heavy atom. The SMILES string of the molecule is CCOP1(=O)OC(CC(=O)OC)c2c(C)ccc(C)c21. The van der Waals surface area contributed by atoms with E-state index in [1.165, 1.54) is 7.11 Å². The Bertz CT molecular complexity index is 581. The van der Waals surface area contributed by atoms with Gasteiger partial charge in [-0.25, -0.2) is 0 Å². The lowest BCUT2D eigenvalue weighted by atomic mass is 9.99. The molecule has 1 heterocycles. The molecule has 6 heteroatoms. The van der Waals surface area contributed by atoms with Gasteiger partial charge < -0.3 is 9.26 Å². The molecular formula is C14H19O5P. The van der Waals surface area contributed by atoms with Gasteiger partial charge in [0.1, 0.15) is 6.10 Å². The monoisotopic (exact) mass is 298 g/mol. The van der Waals surface area contributed by atoms with Gasteiger partial charge in [0.2, 0.25) is 0 Å².